The Morgan fingerprint density at radius 2 is 2.15 bits per heavy atom. The molecule has 26 heavy (non-hydrogen) atoms. The van der Waals surface area contributed by atoms with Gasteiger partial charge in [-0.15, -0.1) is 0 Å². The average molecular weight is 357 g/mol. The Kier molecular flexibility index (Phi) is 5.88. The number of rotatable bonds is 6. The third-order valence-electron chi connectivity index (χ3n) is 4.94. The highest BCUT2D eigenvalue weighted by molar-refractivity contribution is 5.95. The molecule has 1 aliphatic rings. The number of carbonyl (C=O) groups excluding carboxylic acids is 1. The van der Waals surface area contributed by atoms with Crippen LogP contribution in [-0.2, 0) is 13.5 Å². The summed E-state index contributed by atoms with van der Waals surface area (Å²) >= 11 is 0. The third-order valence-corrected chi connectivity index (χ3v) is 4.94. The predicted octanol–water partition coefficient (Wildman–Crippen LogP) is 1.18. The second-order valence-electron chi connectivity index (χ2n) is 6.95. The van der Waals surface area contributed by atoms with Gasteiger partial charge in [0.1, 0.15) is 5.56 Å². The molecule has 0 atom stereocenters. The molecule has 0 unspecified atom stereocenters. The summed E-state index contributed by atoms with van der Waals surface area (Å²) in [5.41, 5.74) is 1.96. The van der Waals surface area contributed by atoms with Crippen molar-refractivity contribution in [3.8, 4) is 0 Å². The smallest absolute Gasteiger partial charge is 0.263 e. The van der Waals surface area contributed by atoms with Crippen LogP contribution < -0.4 is 16.2 Å². The number of nitrogens with one attached hydrogen (secondary N) is 2. The van der Waals surface area contributed by atoms with Crippen LogP contribution in [0.1, 0.15) is 46.8 Å². The fourth-order valence-electron chi connectivity index (χ4n) is 3.47. The molecule has 7 heteroatoms. The zero-order chi connectivity index (χ0) is 18.5. The molecule has 2 aromatic rings. The van der Waals surface area contributed by atoms with Gasteiger partial charge in [-0.1, -0.05) is 0 Å². The Labute approximate surface area is 153 Å². The van der Waals surface area contributed by atoms with Gasteiger partial charge in [-0.2, -0.15) is 5.10 Å². The first-order valence-electron chi connectivity index (χ1n) is 9.24. The van der Waals surface area contributed by atoms with Gasteiger partial charge in [0.15, 0.2) is 0 Å². The van der Waals surface area contributed by atoms with E-state index in [1.54, 1.807) is 9.25 Å². The fraction of sp³-hybridized carbons (Fsp3) is 0.526. The average Bonchev–Trinajstić information content (AvgIpc) is 3.05. The number of hydrogen-bond donors (Lipinski definition) is 2. The van der Waals surface area contributed by atoms with Gasteiger partial charge in [0, 0.05) is 32.0 Å². The number of pyridine rings is 1. The molecule has 7 nitrogen and oxygen atoms in total. The highest BCUT2D eigenvalue weighted by Crippen LogP contribution is 2.17. The van der Waals surface area contributed by atoms with Gasteiger partial charge >= 0.3 is 0 Å². The van der Waals surface area contributed by atoms with E-state index in [9.17, 15) is 9.59 Å². The number of carbonyl (C=O) groups is 1. The van der Waals surface area contributed by atoms with Crippen LogP contribution >= 0.6 is 0 Å². The quantitative estimate of drug-likeness (QED) is 0.761. The molecule has 0 aliphatic carbocycles. The van der Waals surface area contributed by atoms with Crippen LogP contribution in [0.4, 0.5) is 0 Å². The molecule has 1 amide bonds. The van der Waals surface area contributed by atoms with Crippen molar-refractivity contribution in [3.05, 3.63) is 51.7 Å². The zero-order valence-electron chi connectivity index (χ0n) is 15.5. The van der Waals surface area contributed by atoms with Gasteiger partial charge in [-0.3, -0.25) is 14.3 Å². The van der Waals surface area contributed by atoms with E-state index in [1.165, 1.54) is 0 Å². The molecule has 2 aromatic heterocycles. The minimum atomic E-state index is -0.276. The monoisotopic (exact) mass is 357 g/mol. The summed E-state index contributed by atoms with van der Waals surface area (Å²) < 4.78 is 3.50. The maximum atomic E-state index is 12.9. The lowest BCUT2D eigenvalue weighted by atomic mass is 10.0. The normalized spacial score (nSPS) is 15.2. The van der Waals surface area contributed by atoms with Gasteiger partial charge < -0.3 is 15.2 Å². The van der Waals surface area contributed by atoms with Crippen molar-refractivity contribution < 1.29 is 4.79 Å². The molecular weight excluding hydrogens is 330 g/mol. The first kappa shape index (κ1) is 18.4. The van der Waals surface area contributed by atoms with Crippen molar-refractivity contribution in [1.82, 2.24) is 25.0 Å². The Morgan fingerprint density at radius 3 is 2.85 bits per heavy atom. The number of piperidine rings is 1. The standard InChI is InChI=1S/C19H27N5O2/c1-14-7-11-24(16-5-9-20-10-6-16)19(26)17(14)18(25)21-8-3-4-15-12-22-23(2)13-15/h7,11-13,16,20H,3-6,8-10H2,1-2H3,(H,21,25). The molecule has 1 aliphatic heterocycles. The van der Waals surface area contributed by atoms with Gasteiger partial charge in [0.25, 0.3) is 11.5 Å². The minimum Gasteiger partial charge on any atom is -0.352 e. The van der Waals surface area contributed by atoms with E-state index in [4.69, 9.17) is 0 Å². The van der Waals surface area contributed by atoms with Gasteiger partial charge in [-0.05, 0) is 62.9 Å². The molecule has 0 spiro atoms. The Hall–Kier alpha value is -2.41. The maximum Gasteiger partial charge on any atom is 0.263 e. The molecule has 1 saturated heterocycles. The topological polar surface area (TPSA) is 81.0 Å². The van der Waals surface area contributed by atoms with Crippen LogP contribution in [0, 0.1) is 6.92 Å². The van der Waals surface area contributed by atoms with E-state index in [0.717, 1.165) is 49.9 Å². The summed E-state index contributed by atoms with van der Waals surface area (Å²) in [5.74, 6) is -0.276. The Morgan fingerprint density at radius 1 is 1.38 bits per heavy atom. The summed E-state index contributed by atoms with van der Waals surface area (Å²) in [4.78, 5) is 25.4. The second kappa shape index (κ2) is 8.31. The van der Waals surface area contributed by atoms with Crippen LogP contribution in [0.3, 0.4) is 0 Å². The van der Waals surface area contributed by atoms with Gasteiger partial charge in [-0.25, -0.2) is 0 Å². The van der Waals surface area contributed by atoms with E-state index in [-0.39, 0.29) is 23.1 Å². The van der Waals surface area contributed by atoms with Crippen molar-refractivity contribution in [2.45, 2.75) is 38.6 Å². The SMILES string of the molecule is Cc1ccn(C2CCNCC2)c(=O)c1C(=O)NCCCc1cnn(C)c1. The number of hydrogen-bond acceptors (Lipinski definition) is 4. The van der Waals surface area contributed by atoms with Gasteiger partial charge in [0.2, 0.25) is 0 Å². The van der Waals surface area contributed by atoms with Crippen molar-refractivity contribution in [3.63, 3.8) is 0 Å². The van der Waals surface area contributed by atoms with Crippen molar-refractivity contribution in [2.75, 3.05) is 19.6 Å². The summed E-state index contributed by atoms with van der Waals surface area (Å²) in [7, 11) is 1.89. The molecule has 0 bridgehead atoms. The van der Waals surface area contributed by atoms with Crippen molar-refractivity contribution in [2.24, 2.45) is 7.05 Å². The summed E-state index contributed by atoms with van der Waals surface area (Å²) in [5, 5.41) is 10.3. The highest BCUT2D eigenvalue weighted by atomic mass is 16.2. The predicted molar refractivity (Wildman–Crippen MR) is 100 cm³/mol. The highest BCUT2D eigenvalue weighted by Gasteiger charge is 2.21. The molecule has 3 rings (SSSR count). The molecule has 140 valence electrons. The molecule has 0 radical (unpaired) electrons. The van der Waals surface area contributed by atoms with E-state index >= 15 is 0 Å². The fourth-order valence-corrected chi connectivity index (χ4v) is 3.47. The van der Waals surface area contributed by atoms with Crippen molar-refractivity contribution >= 4 is 5.91 Å². The summed E-state index contributed by atoms with van der Waals surface area (Å²) in [6.45, 7) is 4.16. The summed E-state index contributed by atoms with van der Waals surface area (Å²) in [6.07, 6.45) is 9.12. The van der Waals surface area contributed by atoms with E-state index < -0.39 is 0 Å². The van der Waals surface area contributed by atoms with E-state index in [1.807, 2.05) is 38.6 Å². The number of nitrogens with zero attached hydrogens (tertiary/aromatic N) is 3. The zero-order valence-corrected chi connectivity index (χ0v) is 15.5. The van der Waals surface area contributed by atoms with E-state index in [2.05, 4.69) is 15.7 Å². The number of aromatic nitrogens is 3. The first-order valence-corrected chi connectivity index (χ1v) is 9.24. The van der Waals surface area contributed by atoms with Crippen LogP contribution in [0.25, 0.3) is 0 Å². The van der Waals surface area contributed by atoms with Crippen LogP contribution in [-0.4, -0.2) is 39.9 Å². The number of amides is 1. The lowest BCUT2D eigenvalue weighted by molar-refractivity contribution is 0.0950. The van der Waals surface area contributed by atoms with Crippen LogP contribution in [0.5, 0.6) is 0 Å². The van der Waals surface area contributed by atoms with Crippen LogP contribution in [0.15, 0.2) is 29.5 Å². The first-order chi connectivity index (χ1) is 12.6. The largest absolute Gasteiger partial charge is 0.352 e. The second-order valence-corrected chi connectivity index (χ2v) is 6.95. The lowest BCUT2D eigenvalue weighted by Gasteiger charge is -2.25. The number of aryl methyl sites for hydroxylation is 3. The summed E-state index contributed by atoms with van der Waals surface area (Å²) in [6, 6.07) is 2.04. The minimum absolute atomic E-state index is 0.168. The molecule has 3 heterocycles. The van der Waals surface area contributed by atoms with Gasteiger partial charge in [0.05, 0.1) is 6.20 Å². The Bertz CT molecular complexity index is 818. The molecule has 0 saturated carbocycles. The molecule has 0 aromatic carbocycles. The van der Waals surface area contributed by atoms with Crippen molar-refractivity contribution in [1.29, 1.82) is 0 Å². The molecule has 1 fully saturated rings. The van der Waals surface area contributed by atoms with Crippen LogP contribution in [0.2, 0.25) is 0 Å². The Balaban J connectivity index is 1.63. The molecule has 2 N–H and O–H groups in total. The molecular formula is C19H27N5O2. The van der Waals surface area contributed by atoms with E-state index in [0.29, 0.717) is 6.54 Å². The lowest BCUT2D eigenvalue weighted by Crippen LogP contribution is -2.38. The maximum absolute atomic E-state index is 12.9. The third kappa shape index (κ3) is 4.22.